The lowest BCUT2D eigenvalue weighted by Gasteiger charge is -2.18. The number of hydrogen-bond donors (Lipinski definition) is 0. The molecule has 3 aromatic rings. The zero-order valence-electron chi connectivity index (χ0n) is 16.6. The third-order valence-electron chi connectivity index (χ3n) is 5.71. The summed E-state index contributed by atoms with van der Waals surface area (Å²) in [6.07, 6.45) is 3.83. The molecule has 5 heteroatoms. The molecule has 0 N–H and O–H groups in total. The van der Waals surface area contributed by atoms with Crippen molar-refractivity contribution < 1.29 is 14.3 Å². The first-order chi connectivity index (χ1) is 14.2. The van der Waals surface area contributed by atoms with E-state index in [9.17, 15) is 4.79 Å². The molecule has 2 heterocycles. The van der Waals surface area contributed by atoms with Crippen LogP contribution in [0.1, 0.15) is 40.5 Å². The fraction of sp³-hybridized carbons (Fsp3) is 0.250. The van der Waals surface area contributed by atoms with E-state index in [1.807, 2.05) is 56.4 Å². The maximum absolute atomic E-state index is 13.2. The lowest BCUT2D eigenvalue weighted by atomic mass is 9.99. The third-order valence-corrected chi connectivity index (χ3v) is 5.71. The normalized spacial score (nSPS) is 15.7. The second-order valence-electron chi connectivity index (χ2n) is 7.43. The molecule has 0 bridgehead atoms. The van der Waals surface area contributed by atoms with Crippen LogP contribution >= 0.6 is 0 Å². The number of benzene rings is 2. The first-order valence-corrected chi connectivity index (χ1v) is 9.93. The molecular formula is C24H22N2O3. The smallest absolute Gasteiger partial charge is 0.254 e. The number of amides is 1. The van der Waals surface area contributed by atoms with Gasteiger partial charge in [-0.1, -0.05) is 24.3 Å². The molecule has 5 rings (SSSR count). The number of hydrogen-bond acceptors (Lipinski definition) is 4. The maximum Gasteiger partial charge on any atom is 0.254 e. The fourth-order valence-electron chi connectivity index (χ4n) is 4.06. The van der Waals surface area contributed by atoms with Crippen molar-refractivity contribution in [1.29, 1.82) is 0 Å². The van der Waals surface area contributed by atoms with Gasteiger partial charge in [0.1, 0.15) is 0 Å². The number of nitrogens with zero attached hydrogens (tertiary/aromatic N) is 2. The average molecular weight is 386 g/mol. The fourth-order valence-corrected chi connectivity index (χ4v) is 4.06. The Morgan fingerprint density at radius 2 is 1.97 bits per heavy atom. The molecule has 146 valence electrons. The minimum Gasteiger partial charge on any atom is -0.454 e. The Kier molecular flexibility index (Phi) is 4.23. The van der Waals surface area contributed by atoms with Gasteiger partial charge in [-0.15, -0.1) is 0 Å². The highest BCUT2D eigenvalue weighted by Gasteiger charge is 2.28. The van der Waals surface area contributed by atoms with Crippen LogP contribution in [0.3, 0.4) is 0 Å². The summed E-state index contributed by atoms with van der Waals surface area (Å²) in [4.78, 5) is 19.9. The largest absolute Gasteiger partial charge is 0.454 e. The zero-order valence-corrected chi connectivity index (χ0v) is 16.6. The van der Waals surface area contributed by atoms with Crippen molar-refractivity contribution in [2.75, 3.05) is 20.4 Å². The van der Waals surface area contributed by atoms with Crippen molar-refractivity contribution in [3.05, 3.63) is 64.8 Å². The zero-order chi connectivity index (χ0) is 20.0. The lowest BCUT2D eigenvalue weighted by molar-refractivity contribution is 0.0803. The highest BCUT2D eigenvalue weighted by Crippen LogP contribution is 2.39. The number of carbonyl (C=O) groups is 1. The van der Waals surface area contributed by atoms with Crippen molar-refractivity contribution in [3.8, 4) is 11.5 Å². The highest BCUT2D eigenvalue weighted by atomic mass is 16.7. The number of para-hydroxylation sites is 1. The van der Waals surface area contributed by atoms with Gasteiger partial charge in [-0.3, -0.25) is 4.79 Å². The summed E-state index contributed by atoms with van der Waals surface area (Å²) < 4.78 is 10.9. The van der Waals surface area contributed by atoms with Gasteiger partial charge in [-0.05, 0) is 60.7 Å². The van der Waals surface area contributed by atoms with Crippen LogP contribution in [-0.2, 0) is 6.42 Å². The summed E-state index contributed by atoms with van der Waals surface area (Å²) >= 11 is 0. The predicted molar refractivity (Wildman–Crippen MR) is 113 cm³/mol. The van der Waals surface area contributed by atoms with Gasteiger partial charge in [0.15, 0.2) is 11.5 Å². The van der Waals surface area contributed by atoms with Gasteiger partial charge in [-0.2, -0.15) is 0 Å². The SMILES string of the molecule is CCN(C)C(=O)c1c2c(nc3ccccc13)/C(=C\c1ccc3c(c1)OCO3)CC2. The number of pyridine rings is 1. The molecule has 0 spiro atoms. The van der Waals surface area contributed by atoms with Crippen LogP contribution in [-0.4, -0.2) is 36.2 Å². The van der Waals surface area contributed by atoms with Crippen LogP contribution in [0, 0.1) is 0 Å². The van der Waals surface area contributed by atoms with Gasteiger partial charge in [-0.25, -0.2) is 4.98 Å². The Bertz CT molecular complexity index is 1170. The summed E-state index contributed by atoms with van der Waals surface area (Å²) in [5.74, 6) is 1.61. The van der Waals surface area contributed by atoms with Crippen molar-refractivity contribution in [1.82, 2.24) is 9.88 Å². The number of allylic oxidation sites excluding steroid dienone is 1. The topological polar surface area (TPSA) is 51.7 Å². The van der Waals surface area contributed by atoms with Crippen molar-refractivity contribution in [3.63, 3.8) is 0 Å². The quantitative estimate of drug-likeness (QED) is 0.663. The van der Waals surface area contributed by atoms with Gasteiger partial charge in [0.2, 0.25) is 6.79 Å². The van der Waals surface area contributed by atoms with Crippen LogP contribution in [0.5, 0.6) is 11.5 Å². The molecule has 0 saturated carbocycles. The Labute approximate surface area is 169 Å². The number of carbonyl (C=O) groups excluding carboxylic acids is 1. The van der Waals surface area contributed by atoms with E-state index in [-0.39, 0.29) is 12.7 Å². The predicted octanol–water partition coefficient (Wildman–Crippen LogP) is 4.54. The van der Waals surface area contributed by atoms with Crippen molar-refractivity contribution >= 4 is 28.5 Å². The number of fused-ring (bicyclic) bond motifs is 3. The molecule has 0 fully saturated rings. The average Bonchev–Trinajstić information content (AvgIpc) is 3.37. The summed E-state index contributed by atoms with van der Waals surface area (Å²) in [6.45, 7) is 2.93. The van der Waals surface area contributed by atoms with Gasteiger partial charge in [0, 0.05) is 19.0 Å². The van der Waals surface area contributed by atoms with E-state index < -0.39 is 0 Å². The second-order valence-corrected chi connectivity index (χ2v) is 7.43. The first kappa shape index (κ1) is 17.7. The molecule has 0 saturated heterocycles. The van der Waals surface area contributed by atoms with E-state index >= 15 is 0 Å². The summed E-state index contributed by atoms with van der Waals surface area (Å²) in [5.41, 5.74) is 5.85. The van der Waals surface area contributed by atoms with E-state index in [2.05, 4.69) is 6.08 Å². The molecule has 1 aromatic heterocycles. The Morgan fingerprint density at radius 3 is 2.83 bits per heavy atom. The van der Waals surface area contributed by atoms with Crippen molar-refractivity contribution in [2.45, 2.75) is 19.8 Å². The molecule has 1 amide bonds. The maximum atomic E-state index is 13.2. The van der Waals surface area contributed by atoms with Gasteiger partial charge in [0.05, 0.1) is 16.8 Å². The molecule has 29 heavy (non-hydrogen) atoms. The first-order valence-electron chi connectivity index (χ1n) is 9.93. The van der Waals surface area contributed by atoms with E-state index in [0.717, 1.165) is 63.2 Å². The number of aromatic nitrogens is 1. The molecule has 1 aliphatic carbocycles. The van der Waals surface area contributed by atoms with Crippen LogP contribution in [0.2, 0.25) is 0 Å². The number of rotatable bonds is 3. The minimum absolute atomic E-state index is 0.0617. The van der Waals surface area contributed by atoms with Gasteiger partial charge in [0.25, 0.3) is 5.91 Å². The van der Waals surface area contributed by atoms with Crippen LogP contribution in [0.25, 0.3) is 22.6 Å². The van der Waals surface area contributed by atoms with Crippen LogP contribution in [0.4, 0.5) is 0 Å². The lowest BCUT2D eigenvalue weighted by Crippen LogP contribution is -2.27. The van der Waals surface area contributed by atoms with Crippen LogP contribution < -0.4 is 9.47 Å². The molecule has 2 aromatic carbocycles. The summed E-state index contributed by atoms with van der Waals surface area (Å²) in [6, 6.07) is 13.9. The highest BCUT2D eigenvalue weighted by molar-refractivity contribution is 6.09. The molecule has 1 aliphatic heterocycles. The van der Waals surface area contributed by atoms with Crippen LogP contribution in [0.15, 0.2) is 42.5 Å². The molecule has 0 radical (unpaired) electrons. The Hall–Kier alpha value is -3.34. The Balaban J connectivity index is 1.65. The monoisotopic (exact) mass is 386 g/mol. The summed E-state index contributed by atoms with van der Waals surface area (Å²) in [7, 11) is 1.85. The molecule has 0 unspecified atom stereocenters. The third kappa shape index (κ3) is 2.94. The Morgan fingerprint density at radius 1 is 1.14 bits per heavy atom. The van der Waals surface area contributed by atoms with Gasteiger partial charge >= 0.3 is 0 Å². The van der Waals surface area contributed by atoms with Crippen molar-refractivity contribution in [2.24, 2.45) is 0 Å². The van der Waals surface area contributed by atoms with E-state index in [1.54, 1.807) is 4.90 Å². The van der Waals surface area contributed by atoms with E-state index in [1.165, 1.54) is 0 Å². The minimum atomic E-state index is 0.0617. The number of ether oxygens (including phenoxy) is 2. The van der Waals surface area contributed by atoms with Gasteiger partial charge < -0.3 is 14.4 Å². The molecule has 2 aliphatic rings. The molecular weight excluding hydrogens is 364 g/mol. The summed E-state index contributed by atoms with van der Waals surface area (Å²) in [5, 5.41) is 0.931. The molecule has 5 nitrogen and oxygen atoms in total. The standard InChI is InChI=1S/C24H22N2O3/c1-3-26(2)24(27)22-17-6-4-5-7-19(17)25-23-16(9-10-18(22)23)12-15-8-11-20-21(13-15)29-14-28-20/h4-8,11-13H,3,9-10,14H2,1-2H3/b16-12-. The second kappa shape index (κ2) is 6.92. The molecule has 0 atom stereocenters. The van der Waals surface area contributed by atoms with E-state index in [4.69, 9.17) is 14.5 Å². The van der Waals surface area contributed by atoms with E-state index in [0.29, 0.717) is 6.54 Å².